The number of amides is 1. The van der Waals surface area contributed by atoms with E-state index >= 15 is 0 Å². The first kappa shape index (κ1) is 28.7. The van der Waals surface area contributed by atoms with Gasteiger partial charge in [0.1, 0.15) is 17.4 Å². The number of hydrogen-bond donors (Lipinski definition) is 1. The lowest BCUT2D eigenvalue weighted by Crippen LogP contribution is -2.41. The number of rotatable bonds is 10. The highest BCUT2D eigenvalue weighted by molar-refractivity contribution is 5.84. The number of alkyl halides is 2. The molecule has 2 fully saturated rings. The molecule has 15 heteroatoms. The second-order valence-electron chi connectivity index (χ2n) is 10.1. The third-order valence-electron chi connectivity index (χ3n) is 6.95. The molecule has 1 amide bonds. The van der Waals surface area contributed by atoms with Crippen molar-refractivity contribution in [2.24, 2.45) is 0 Å². The van der Waals surface area contributed by atoms with Crippen LogP contribution in [-0.4, -0.2) is 118 Å². The fourth-order valence-corrected chi connectivity index (χ4v) is 4.83. The quantitative estimate of drug-likeness (QED) is 0.358. The number of anilines is 1. The summed E-state index contributed by atoms with van der Waals surface area (Å²) in [5.41, 5.74) is 0.648. The van der Waals surface area contributed by atoms with E-state index in [1.54, 1.807) is 18.2 Å². The van der Waals surface area contributed by atoms with Crippen molar-refractivity contribution < 1.29 is 32.9 Å². The standard InChI is InChI=1S/C26H34F2N8O5/c1-33(2)9-4-14-40-19-6-3-5-18-20(19)29-22(21(27)28)36(18)24-30-23(34-12-15-39-16-13-34)31-25(32-24)41-17-7-10-35(11-8-17)26(37)38/h3,5-6,17,21H,4,7-16H2,1-2H3,(H,37,38). The summed E-state index contributed by atoms with van der Waals surface area (Å²) in [6, 6.07) is 5.06. The molecule has 5 rings (SSSR count). The van der Waals surface area contributed by atoms with Gasteiger partial charge in [-0.25, -0.2) is 18.6 Å². The SMILES string of the molecule is CN(C)CCCOc1cccc2c1nc(C(F)F)n2-c1nc(OC2CCN(C(=O)O)CC2)nc(N2CCOCC2)n1. The van der Waals surface area contributed by atoms with E-state index in [1.807, 2.05) is 23.9 Å². The molecule has 3 aromatic rings. The molecule has 0 bridgehead atoms. The maximum absolute atomic E-state index is 14.4. The molecule has 4 heterocycles. The normalized spacial score (nSPS) is 16.6. The molecule has 0 radical (unpaired) electrons. The van der Waals surface area contributed by atoms with E-state index in [0.717, 1.165) is 13.0 Å². The number of halogens is 2. The summed E-state index contributed by atoms with van der Waals surface area (Å²) < 4.78 is 47.5. The number of benzene rings is 1. The zero-order valence-electron chi connectivity index (χ0n) is 23.1. The highest BCUT2D eigenvalue weighted by Crippen LogP contribution is 2.33. The highest BCUT2D eigenvalue weighted by atomic mass is 19.3. The molecule has 2 saturated heterocycles. The molecular weight excluding hydrogens is 542 g/mol. The third-order valence-corrected chi connectivity index (χ3v) is 6.95. The van der Waals surface area contributed by atoms with Gasteiger partial charge in [0.25, 0.3) is 6.43 Å². The Bertz CT molecular complexity index is 1340. The van der Waals surface area contributed by atoms with Crippen LogP contribution in [0, 0.1) is 0 Å². The molecule has 2 aromatic heterocycles. The summed E-state index contributed by atoms with van der Waals surface area (Å²) in [6.45, 7) is 3.81. The number of fused-ring (bicyclic) bond motifs is 1. The zero-order chi connectivity index (χ0) is 28.9. The van der Waals surface area contributed by atoms with Crippen molar-refractivity contribution in [1.82, 2.24) is 34.3 Å². The van der Waals surface area contributed by atoms with Crippen LogP contribution in [0.25, 0.3) is 17.0 Å². The van der Waals surface area contributed by atoms with Crippen LogP contribution < -0.4 is 14.4 Å². The van der Waals surface area contributed by atoms with Gasteiger partial charge in [0, 0.05) is 45.6 Å². The Hall–Kier alpha value is -3.85. The van der Waals surface area contributed by atoms with Gasteiger partial charge in [-0.1, -0.05) is 6.07 Å². The Morgan fingerprint density at radius 1 is 1.10 bits per heavy atom. The Morgan fingerprint density at radius 3 is 2.51 bits per heavy atom. The molecule has 0 aliphatic carbocycles. The van der Waals surface area contributed by atoms with Crippen molar-refractivity contribution in [3.8, 4) is 17.7 Å². The monoisotopic (exact) mass is 576 g/mol. The van der Waals surface area contributed by atoms with Gasteiger partial charge in [0.15, 0.2) is 5.82 Å². The number of hydrogen-bond acceptors (Lipinski definition) is 10. The van der Waals surface area contributed by atoms with Crippen molar-refractivity contribution in [2.75, 3.05) is 71.5 Å². The van der Waals surface area contributed by atoms with Crippen LogP contribution in [-0.2, 0) is 4.74 Å². The minimum Gasteiger partial charge on any atom is -0.491 e. The maximum atomic E-state index is 14.4. The van der Waals surface area contributed by atoms with Crippen molar-refractivity contribution >= 4 is 23.1 Å². The average Bonchev–Trinajstić information content (AvgIpc) is 3.37. The number of carboxylic acid groups (broad SMARTS) is 1. The second-order valence-corrected chi connectivity index (χ2v) is 10.1. The number of morpholine rings is 1. The minimum atomic E-state index is -2.92. The summed E-state index contributed by atoms with van der Waals surface area (Å²) in [5.74, 6) is 0.0895. The van der Waals surface area contributed by atoms with Gasteiger partial charge < -0.3 is 34.0 Å². The molecule has 41 heavy (non-hydrogen) atoms. The van der Waals surface area contributed by atoms with Crippen molar-refractivity contribution in [1.29, 1.82) is 0 Å². The highest BCUT2D eigenvalue weighted by Gasteiger charge is 2.28. The number of ether oxygens (including phenoxy) is 3. The molecule has 0 atom stereocenters. The van der Waals surface area contributed by atoms with Gasteiger partial charge in [0.05, 0.1) is 25.3 Å². The Balaban J connectivity index is 1.51. The number of carbonyl (C=O) groups is 1. The number of aromatic nitrogens is 5. The lowest BCUT2D eigenvalue weighted by Gasteiger charge is -2.30. The lowest BCUT2D eigenvalue weighted by molar-refractivity contribution is 0.0839. The summed E-state index contributed by atoms with van der Waals surface area (Å²) in [5, 5.41) is 9.25. The number of nitrogens with zero attached hydrogens (tertiary/aromatic N) is 8. The van der Waals surface area contributed by atoms with E-state index in [2.05, 4.69) is 19.9 Å². The van der Waals surface area contributed by atoms with Crippen LogP contribution in [0.4, 0.5) is 19.5 Å². The summed E-state index contributed by atoms with van der Waals surface area (Å²) in [4.78, 5) is 34.3. The molecule has 2 aliphatic rings. The fraction of sp³-hybridized carbons (Fsp3) is 0.577. The molecule has 0 unspecified atom stereocenters. The van der Waals surface area contributed by atoms with Gasteiger partial charge >= 0.3 is 12.1 Å². The molecule has 1 aromatic carbocycles. The van der Waals surface area contributed by atoms with Crippen LogP contribution in [0.3, 0.4) is 0 Å². The second kappa shape index (κ2) is 12.8. The molecule has 222 valence electrons. The predicted octanol–water partition coefficient (Wildman–Crippen LogP) is 2.84. The van der Waals surface area contributed by atoms with Crippen molar-refractivity contribution in [3.05, 3.63) is 24.0 Å². The molecule has 13 nitrogen and oxygen atoms in total. The molecule has 2 aliphatic heterocycles. The molecule has 1 N–H and O–H groups in total. The summed E-state index contributed by atoms with van der Waals surface area (Å²) in [6.07, 6.45) is -2.58. The van der Waals surface area contributed by atoms with E-state index in [-0.39, 0.29) is 29.5 Å². The Kier molecular flexibility index (Phi) is 8.93. The first-order valence-electron chi connectivity index (χ1n) is 13.6. The number of piperidine rings is 1. The largest absolute Gasteiger partial charge is 0.491 e. The number of likely N-dealkylation sites (tertiary alicyclic amines) is 1. The van der Waals surface area contributed by atoms with Gasteiger partial charge in [-0.15, -0.1) is 0 Å². The van der Waals surface area contributed by atoms with Crippen LogP contribution in [0.1, 0.15) is 31.5 Å². The van der Waals surface area contributed by atoms with Crippen molar-refractivity contribution in [3.63, 3.8) is 0 Å². The minimum absolute atomic E-state index is 0.0246. The van der Waals surface area contributed by atoms with Crippen LogP contribution >= 0.6 is 0 Å². The van der Waals surface area contributed by atoms with Gasteiger partial charge in [-0.05, 0) is 32.6 Å². The fourth-order valence-electron chi connectivity index (χ4n) is 4.83. The Morgan fingerprint density at radius 2 is 1.83 bits per heavy atom. The Labute approximate surface area is 235 Å². The molecule has 0 saturated carbocycles. The van der Waals surface area contributed by atoms with E-state index in [9.17, 15) is 18.7 Å². The van der Waals surface area contributed by atoms with E-state index in [4.69, 9.17) is 14.2 Å². The zero-order valence-corrected chi connectivity index (χ0v) is 23.1. The van der Waals surface area contributed by atoms with Crippen LogP contribution in [0.2, 0.25) is 0 Å². The summed E-state index contributed by atoms with van der Waals surface area (Å²) >= 11 is 0. The average molecular weight is 577 g/mol. The lowest BCUT2D eigenvalue weighted by atomic mass is 10.1. The summed E-state index contributed by atoms with van der Waals surface area (Å²) in [7, 11) is 3.93. The topological polar surface area (TPSA) is 131 Å². The third kappa shape index (κ3) is 6.73. The van der Waals surface area contributed by atoms with Crippen LogP contribution in [0.15, 0.2) is 18.2 Å². The van der Waals surface area contributed by atoms with Crippen LogP contribution in [0.5, 0.6) is 11.8 Å². The maximum Gasteiger partial charge on any atom is 0.407 e. The first-order valence-corrected chi connectivity index (χ1v) is 13.6. The molecular formula is C26H34F2N8O5. The number of para-hydroxylation sites is 1. The number of imidazole rings is 1. The smallest absolute Gasteiger partial charge is 0.407 e. The first-order chi connectivity index (χ1) is 19.8. The molecule has 0 spiro atoms. The predicted molar refractivity (Wildman–Crippen MR) is 144 cm³/mol. The van der Waals surface area contributed by atoms with Gasteiger partial charge in [-0.3, -0.25) is 4.57 Å². The van der Waals surface area contributed by atoms with Gasteiger partial charge in [0.2, 0.25) is 11.9 Å². The van der Waals surface area contributed by atoms with Crippen molar-refractivity contribution in [2.45, 2.75) is 31.8 Å². The van der Waals surface area contributed by atoms with Gasteiger partial charge in [-0.2, -0.15) is 15.0 Å². The van der Waals surface area contributed by atoms with E-state index in [0.29, 0.717) is 70.1 Å². The van der Waals surface area contributed by atoms with E-state index in [1.165, 1.54) is 9.47 Å². The van der Waals surface area contributed by atoms with E-state index < -0.39 is 18.3 Å².